The van der Waals surface area contributed by atoms with E-state index < -0.39 is 11.2 Å². The van der Waals surface area contributed by atoms with Gasteiger partial charge >= 0.3 is 6.09 Å². The summed E-state index contributed by atoms with van der Waals surface area (Å²) < 4.78 is 11.8. The molecule has 0 spiro atoms. The molecule has 9 nitrogen and oxygen atoms in total. The maximum absolute atomic E-state index is 13.8. The molecule has 3 aliphatic rings. The van der Waals surface area contributed by atoms with Gasteiger partial charge in [0.15, 0.2) is 5.60 Å². The Morgan fingerprint density at radius 2 is 1.45 bits per heavy atom. The Kier molecular flexibility index (Phi) is 9.91. The van der Waals surface area contributed by atoms with Crippen LogP contribution in [0.4, 0.5) is 10.5 Å². The number of nitrogens with zero attached hydrogens (tertiary/aromatic N) is 4. The highest BCUT2D eigenvalue weighted by Gasteiger charge is 2.37. The van der Waals surface area contributed by atoms with Crippen LogP contribution in [0.25, 0.3) is 11.1 Å². The molecule has 3 aliphatic heterocycles. The summed E-state index contributed by atoms with van der Waals surface area (Å²) >= 11 is 0. The largest absolute Gasteiger partial charge is 0.478 e. The molecule has 0 N–H and O–H groups in total. The molecule has 3 aromatic rings. The third-order valence-electron chi connectivity index (χ3n) is 9.70. The predicted molar refractivity (Wildman–Crippen MR) is 191 cm³/mol. The molecule has 260 valence electrons. The van der Waals surface area contributed by atoms with Gasteiger partial charge in [-0.15, -0.1) is 0 Å². The molecule has 3 aromatic carbocycles. The van der Waals surface area contributed by atoms with Crippen LogP contribution in [0, 0.1) is 5.92 Å². The third-order valence-corrected chi connectivity index (χ3v) is 9.70. The molecule has 0 aromatic heterocycles. The van der Waals surface area contributed by atoms with Crippen molar-refractivity contribution in [2.75, 3.05) is 50.7 Å². The van der Waals surface area contributed by atoms with Crippen molar-refractivity contribution in [2.24, 2.45) is 5.92 Å². The summed E-state index contributed by atoms with van der Waals surface area (Å²) in [6.07, 6.45) is 2.33. The van der Waals surface area contributed by atoms with Gasteiger partial charge in [-0.2, -0.15) is 0 Å². The van der Waals surface area contributed by atoms with Crippen LogP contribution in [0.2, 0.25) is 0 Å². The summed E-state index contributed by atoms with van der Waals surface area (Å²) in [5, 5.41) is 0. The van der Waals surface area contributed by atoms with Crippen molar-refractivity contribution in [3.8, 4) is 16.9 Å². The average molecular weight is 667 g/mol. The van der Waals surface area contributed by atoms with Gasteiger partial charge in [0.2, 0.25) is 5.91 Å². The first-order valence-electron chi connectivity index (χ1n) is 17.6. The Hall–Kier alpha value is -4.53. The van der Waals surface area contributed by atoms with E-state index in [4.69, 9.17) is 9.47 Å². The van der Waals surface area contributed by atoms with Crippen molar-refractivity contribution in [2.45, 2.75) is 71.6 Å². The van der Waals surface area contributed by atoms with Crippen molar-refractivity contribution in [3.63, 3.8) is 0 Å². The number of amides is 3. The van der Waals surface area contributed by atoms with Crippen molar-refractivity contribution in [1.29, 1.82) is 0 Å². The zero-order chi connectivity index (χ0) is 34.8. The SMILES string of the molecule is CC(C)(C)OC(=O)N1CCN(C(=O)C(C)(C)Oc2cccc(N3CCC[C@@H](C(=O)N4CCc5cc(-c6ccccc6)ccc5C4)C3)c2)CC1. The molecule has 0 aliphatic carbocycles. The summed E-state index contributed by atoms with van der Waals surface area (Å²) in [5.74, 6) is 0.651. The Balaban J connectivity index is 1.04. The second-order valence-electron chi connectivity index (χ2n) is 15.0. The molecule has 9 heteroatoms. The number of piperidine rings is 1. The summed E-state index contributed by atoms with van der Waals surface area (Å²) in [6, 6.07) is 24.9. The molecule has 6 rings (SSSR count). The molecule has 3 heterocycles. The summed E-state index contributed by atoms with van der Waals surface area (Å²) in [5.41, 5.74) is 4.33. The molecule has 49 heavy (non-hydrogen) atoms. The van der Waals surface area contributed by atoms with Gasteiger partial charge in [-0.3, -0.25) is 9.59 Å². The van der Waals surface area contributed by atoms with E-state index in [9.17, 15) is 14.4 Å². The maximum Gasteiger partial charge on any atom is 0.410 e. The molecule has 2 saturated heterocycles. The first kappa shape index (κ1) is 34.3. The van der Waals surface area contributed by atoms with Crippen molar-refractivity contribution < 1.29 is 23.9 Å². The fourth-order valence-electron chi connectivity index (χ4n) is 7.10. The van der Waals surface area contributed by atoms with E-state index in [1.165, 1.54) is 22.3 Å². The van der Waals surface area contributed by atoms with Gasteiger partial charge in [0.05, 0.1) is 5.92 Å². The molecule has 0 radical (unpaired) electrons. The normalized spacial score (nSPS) is 18.5. The molecule has 0 bridgehead atoms. The molecule has 0 unspecified atom stereocenters. The second kappa shape index (κ2) is 14.1. The first-order valence-corrected chi connectivity index (χ1v) is 17.6. The van der Waals surface area contributed by atoms with E-state index in [1.54, 1.807) is 23.6 Å². The van der Waals surface area contributed by atoms with Crippen LogP contribution >= 0.6 is 0 Å². The number of fused-ring (bicyclic) bond motifs is 1. The van der Waals surface area contributed by atoms with Crippen molar-refractivity contribution >= 4 is 23.6 Å². The van der Waals surface area contributed by atoms with Crippen LogP contribution in [0.5, 0.6) is 5.75 Å². The van der Waals surface area contributed by atoms with Gasteiger partial charge in [0.1, 0.15) is 11.4 Å². The number of hydrogen-bond donors (Lipinski definition) is 0. The fraction of sp³-hybridized carbons (Fsp3) is 0.475. The van der Waals surface area contributed by atoms with Crippen molar-refractivity contribution in [3.05, 3.63) is 83.9 Å². The number of hydrogen-bond acceptors (Lipinski definition) is 6. The summed E-state index contributed by atoms with van der Waals surface area (Å²) in [6.45, 7) is 13.7. The smallest absolute Gasteiger partial charge is 0.410 e. The number of carbonyl (C=O) groups is 3. The van der Waals surface area contributed by atoms with E-state index in [2.05, 4.69) is 47.4 Å². The third kappa shape index (κ3) is 8.20. The Morgan fingerprint density at radius 3 is 2.18 bits per heavy atom. The number of ether oxygens (including phenoxy) is 2. The lowest BCUT2D eigenvalue weighted by Crippen LogP contribution is -2.57. The van der Waals surface area contributed by atoms with E-state index in [-0.39, 0.29) is 23.8 Å². The topological polar surface area (TPSA) is 82.6 Å². The Bertz CT molecular complexity index is 1660. The van der Waals surface area contributed by atoms with Gasteiger partial charge in [-0.05, 0) is 88.3 Å². The monoisotopic (exact) mass is 666 g/mol. The second-order valence-corrected chi connectivity index (χ2v) is 15.0. The van der Waals surface area contributed by atoms with Crippen LogP contribution in [0.3, 0.4) is 0 Å². The predicted octanol–water partition coefficient (Wildman–Crippen LogP) is 6.39. The number of carbonyl (C=O) groups excluding carboxylic acids is 3. The zero-order valence-corrected chi connectivity index (χ0v) is 29.6. The Labute approximate surface area is 290 Å². The fourth-order valence-corrected chi connectivity index (χ4v) is 7.10. The maximum atomic E-state index is 13.8. The molecular formula is C40H50N4O5. The highest BCUT2D eigenvalue weighted by Crippen LogP contribution is 2.32. The highest BCUT2D eigenvalue weighted by molar-refractivity contribution is 5.85. The lowest BCUT2D eigenvalue weighted by atomic mass is 9.92. The van der Waals surface area contributed by atoms with E-state index in [0.717, 1.165) is 38.0 Å². The van der Waals surface area contributed by atoms with Gasteiger partial charge in [0.25, 0.3) is 5.91 Å². The number of anilines is 1. The van der Waals surface area contributed by atoms with Gasteiger partial charge in [0, 0.05) is 64.1 Å². The van der Waals surface area contributed by atoms with Crippen LogP contribution in [0.15, 0.2) is 72.8 Å². The van der Waals surface area contributed by atoms with Crippen LogP contribution < -0.4 is 9.64 Å². The lowest BCUT2D eigenvalue weighted by Gasteiger charge is -2.39. The standard InChI is InChI=1S/C40H50N4O5/c1-39(2,3)49-38(47)42-23-21-41(22-24-42)37(46)40(4,5)48-35-15-9-14-34(26-35)43-19-10-13-33(28-43)36(45)44-20-18-31-25-30(16-17-32(31)27-44)29-11-7-6-8-12-29/h6-9,11-12,14-17,25-26,33H,10,13,18-24,27-28H2,1-5H3/t33-/m1/s1. The molecule has 0 saturated carbocycles. The first-order chi connectivity index (χ1) is 23.4. The summed E-state index contributed by atoms with van der Waals surface area (Å²) in [4.78, 5) is 47.6. The van der Waals surface area contributed by atoms with E-state index >= 15 is 0 Å². The molecule has 3 amide bonds. The molecular weight excluding hydrogens is 616 g/mol. The number of benzene rings is 3. The van der Waals surface area contributed by atoms with Crippen molar-refractivity contribution in [1.82, 2.24) is 14.7 Å². The minimum Gasteiger partial charge on any atom is -0.478 e. The average Bonchev–Trinajstić information content (AvgIpc) is 3.10. The van der Waals surface area contributed by atoms with E-state index in [1.807, 2.05) is 56.0 Å². The molecule has 2 fully saturated rings. The van der Waals surface area contributed by atoms with Crippen LogP contribution in [-0.2, 0) is 27.3 Å². The van der Waals surface area contributed by atoms with E-state index in [0.29, 0.717) is 45.0 Å². The minimum atomic E-state index is -1.10. The van der Waals surface area contributed by atoms with Gasteiger partial charge < -0.3 is 29.1 Å². The lowest BCUT2D eigenvalue weighted by molar-refractivity contribution is -0.147. The highest BCUT2D eigenvalue weighted by atomic mass is 16.6. The zero-order valence-electron chi connectivity index (χ0n) is 29.6. The van der Waals surface area contributed by atoms with Crippen LogP contribution in [0.1, 0.15) is 58.6 Å². The number of rotatable bonds is 6. The number of piperazine rings is 1. The van der Waals surface area contributed by atoms with Gasteiger partial charge in [-0.1, -0.05) is 54.6 Å². The summed E-state index contributed by atoms with van der Waals surface area (Å²) in [7, 11) is 0. The molecule has 1 atom stereocenters. The van der Waals surface area contributed by atoms with Crippen LogP contribution in [-0.4, -0.2) is 89.6 Å². The Morgan fingerprint density at radius 1 is 0.714 bits per heavy atom. The quantitative estimate of drug-likeness (QED) is 0.303. The van der Waals surface area contributed by atoms with Gasteiger partial charge in [-0.25, -0.2) is 4.79 Å². The minimum absolute atomic E-state index is 0.0687.